The standard InChI is InChI=1S/C13H21NO3S/c1-6-9(2)14-18(15,16)13-8-7-12(17-5)10(3)11(13)4/h7-9,14H,6H2,1-5H3. The van der Waals surface area contributed by atoms with Crippen LogP contribution < -0.4 is 9.46 Å². The smallest absolute Gasteiger partial charge is 0.241 e. The van der Waals surface area contributed by atoms with Gasteiger partial charge in [0.15, 0.2) is 0 Å². The Morgan fingerprint density at radius 1 is 1.28 bits per heavy atom. The highest BCUT2D eigenvalue weighted by Crippen LogP contribution is 2.26. The molecule has 0 radical (unpaired) electrons. The third-order valence-corrected chi connectivity index (χ3v) is 4.90. The van der Waals surface area contributed by atoms with E-state index in [0.29, 0.717) is 10.6 Å². The lowest BCUT2D eigenvalue weighted by Gasteiger charge is -2.16. The van der Waals surface area contributed by atoms with Gasteiger partial charge in [-0.3, -0.25) is 0 Å². The first-order valence-electron chi connectivity index (χ1n) is 6.00. The molecule has 1 N–H and O–H groups in total. The van der Waals surface area contributed by atoms with Crippen molar-refractivity contribution in [3.63, 3.8) is 0 Å². The van der Waals surface area contributed by atoms with Crippen LogP contribution in [0.1, 0.15) is 31.4 Å². The Bertz CT molecular complexity index is 523. The number of benzene rings is 1. The predicted octanol–water partition coefficient (Wildman–Crippen LogP) is 2.39. The molecule has 0 aromatic heterocycles. The Morgan fingerprint density at radius 2 is 1.89 bits per heavy atom. The zero-order valence-electron chi connectivity index (χ0n) is 11.6. The van der Waals surface area contributed by atoms with Gasteiger partial charge in [-0.1, -0.05) is 6.92 Å². The van der Waals surface area contributed by atoms with Gasteiger partial charge in [0.05, 0.1) is 12.0 Å². The van der Waals surface area contributed by atoms with Crippen molar-refractivity contribution in [2.45, 2.75) is 45.1 Å². The Labute approximate surface area is 109 Å². The normalized spacial score (nSPS) is 13.4. The van der Waals surface area contributed by atoms with Crippen LogP contribution in [-0.2, 0) is 10.0 Å². The second-order valence-corrected chi connectivity index (χ2v) is 6.13. The van der Waals surface area contributed by atoms with E-state index in [1.165, 1.54) is 0 Å². The summed E-state index contributed by atoms with van der Waals surface area (Å²) in [6, 6.07) is 3.20. The molecule has 0 spiro atoms. The van der Waals surface area contributed by atoms with Crippen molar-refractivity contribution in [2.75, 3.05) is 7.11 Å². The topological polar surface area (TPSA) is 55.4 Å². The molecular formula is C13H21NO3S. The highest BCUT2D eigenvalue weighted by Gasteiger charge is 2.20. The molecule has 102 valence electrons. The van der Waals surface area contributed by atoms with Crippen LogP contribution in [0.15, 0.2) is 17.0 Å². The molecular weight excluding hydrogens is 250 g/mol. The van der Waals surface area contributed by atoms with Crippen molar-refractivity contribution in [3.05, 3.63) is 23.3 Å². The fourth-order valence-corrected chi connectivity index (χ4v) is 3.32. The van der Waals surface area contributed by atoms with Gasteiger partial charge >= 0.3 is 0 Å². The van der Waals surface area contributed by atoms with Crippen molar-refractivity contribution in [1.82, 2.24) is 4.72 Å². The SMILES string of the molecule is CCC(C)NS(=O)(=O)c1ccc(OC)c(C)c1C. The lowest BCUT2D eigenvalue weighted by molar-refractivity contribution is 0.410. The first kappa shape index (κ1) is 15.0. The molecule has 1 atom stereocenters. The number of sulfonamides is 1. The number of hydrogen-bond acceptors (Lipinski definition) is 3. The molecule has 0 aliphatic heterocycles. The summed E-state index contributed by atoms with van der Waals surface area (Å²) in [6.07, 6.45) is 0.757. The summed E-state index contributed by atoms with van der Waals surface area (Å²) in [5.74, 6) is 0.704. The van der Waals surface area contributed by atoms with E-state index < -0.39 is 10.0 Å². The molecule has 0 amide bonds. The summed E-state index contributed by atoms with van der Waals surface area (Å²) in [7, 11) is -1.88. The van der Waals surface area contributed by atoms with E-state index >= 15 is 0 Å². The van der Waals surface area contributed by atoms with Gasteiger partial charge in [-0.2, -0.15) is 0 Å². The Balaban J connectivity index is 3.22. The first-order chi connectivity index (χ1) is 8.33. The van der Waals surface area contributed by atoms with E-state index in [-0.39, 0.29) is 6.04 Å². The second kappa shape index (κ2) is 5.71. The molecule has 0 fully saturated rings. The van der Waals surface area contributed by atoms with E-state index in [2.05, 4.69) is 4.72 Å². The second-order valence-electron chi connectivity index (χ2n) is 4.45. The Kier molecular flexibility index (Phi) is 4.76. The minimum atomic E-state index is -3.46. The van der Waals surface area contributed by atoms with Crippen LogP contribution in [0.5, 0.6) is 5.75 Å². The monoisotopic (exact) mass is 271 g/mol. The van der Waals surface area contributed by atoms with Crippen molar-refractivity contribution in [1.29, 1.82) is 0 Å². The molecule has 1 aromatic carbocycles. The van der Waals surface area contributed by atoms with E-state index in [1.54, 1.807) is 26.2 Å². The molecule has 1 rings (SSSR count). The lowest BCUT2D eigenvalue weighted by Crippen LogP contribution is -2.32. The van der Waals surface area contributed by atoms with Crippen molar-refractivity contribution >= 4 is 10.0 Å². The van der Waals surface area contributed by atoms with Gasteiger partial charge in [-0.25, -0.2) is 13.1 Å². The fraction of sp³-hybridized carbons (Fsp3) is 0.538. The van der Waals surface area contributed by atoms with Gasteiger partial charge in [0.2, 0.25) is 10.0 Å². The molecule has 0 bridgehead atoms. The molecule has 18 heavy (non-hydrogen) atoms. The first-order valence-corrected chi connectivity index (χ1v) is 7.48. The molecule has 0 aliphatic rings. The number of nitrogens with one attached hydrogen (secondary N) is 1. The lowest BCUT2D eigenvalue weighted by atomic mass is 10.1. The average Bonchev–Trinajstić information content (AvgIpc) is 2.31. The van der Waals surface area contributed by atoms with Crippen LogP contribution in [0, 0.1) is 13.8 Å². The largest absolute Gasteiger partial charge is 0.496 e. The van der Waals surface area contributed by atoms with E-state index in [0.717, 1.165) is 17.5 Å². The quantitative estimate of drug-likeness (QED) is 0.894. The molecule has 1 aromatic rings. The van der Waals surface area contributed by atoms with Gasteiger partial charge in [-0.15, -0.1) is 0 Å². The van der Waals surface area contributed by atoms with Crippen LogP contribution in [0.3, 0.4) is 0 Å². The zero-order valence-corrected chi connectivity index (χ0v) is 12.4. The van der Waals surface area contributed by atoms with Gasteiger partial charge < -0.3 is 4.74 Å². The minimum Gasteiger partial charge on any atom is -0.496 e. The van der Waals surface area contributed by atoms with Gasteiger partial charge in [-0.05, 0) is 50.5 Å². The summed E-state index contributed by atoms with van der Waals surface area (Å²) in [4.78, 5) is 0.320. The Hall–Kier alpha value is -1.07. The fourth-order valence-electron chi connectivity index (χ4n) is 1.69. The van der Waals surface area contributed by atoms with Gasteiger partial charge in [0.1, 0.15) is 5.75 Å². The van der Waals surface area contributed by atoms with Crippen molar-refractivity contribution in [3.8, 4) is 5.75 Å². The van der Waals surface area contributed by atoms with Crippen LogP contribution >= 0.6 is 0 Å². The maximum Gasteiger partial charge on any atom is 0.241 e. The summed E-state index contributed by atoms with van der Waals surface area (Å²) in [6.45, 7) is 7.45. The summed E-state index contributed by atoms with van der Waals surface area (Å²) < 4.78 is 32.3. The summed E-state index contributed by atoms with van der Waals surface area (Å²) in [5, 5.41) is 0. The maximum absolute atomic E-state index is 12.2. The molecule has 5 heteroatoms. The third kappa shape index (κ3) is 3.03. The number of ether oxygens (including phenoxy) is 1. The van der Waals surface area contributed by atoms with Crippen LogP contribution in [0.25, 0.3) is 0 Å². The van der Waals surface area contributed by atoms with Crippen molar-refractivity contribution < 1.29 is 13.2 Å². The van der Waals surface area contributed by atoms with Crippen LogP contribution in [0.4, 0.5) is 0 Å². The molecule has 0 saturated carbocycles. The highest BCUT2D eigenvalue weighted by molar-refractivity contribution is 7.89. The zero-order chi connectivity index (χ0) is 13.9. The number of methoxy groups -OCH3 is 1. The minimum absolute atomic E-state index is 0.0724. The van der Waals surface area contributed by atoms with Crippen molar-refractivity contribution in [2.24, 2.45) is 0 Å². The van der Waals surface area contributed by atoms with E-state index in [1.807, 2.05) is 20.8 Å². The molecule has 0 saturated heterocycles. The number of rotatable bonds is 5. The summed E-state index contributed by atoms with van der Waals surface area (Å²) in [5.41, 5.74) is 1.58. The number of hydrogen-bond donors (Lipinski definition) is 1. The summed E-state index contributed by atoms with van der Waals surface area (Å²) >= 11 is 0. The highest BCUT2D eigenvalue weighted by atomic mass is 32.2. The molecule has 0 heterocycles. The Morgan fingerprint density at radius 3 is 2.39 bits per heavy atom. The maximum atomic E-state index is 12.2. The van der Waals surface area contributed by atoms with Gasteiger partial charge in [0, 0.05) is 6.04 Å². The average molecular weight is 271 g/mol. The van der Waals surface area contributed by atoms with Crippen LogP contribution in [-0.4, -0.2) is 21.6 Å². The van der Waals surface area contributed by atoms with Crippen LogP contribution in [0.2, 0.25) is 0 Å². The van der Waals surface area contributed by atoms with E-state index in [9.17, 15) is 8.42 Å². The van der Waals surface area contributed by atoms with E-state index in [4.69, 9.17) is 4.74 Å². The third-order valence-electron chi connectivity index (χ3n) is 3.17. The molecule has 0 aliphatic carbocycles. The molecule has 4 nitrogen and oxygen atoms in total. The molecule has 1 unspecified atom stereocenters. The predicted molar refractivity (Wildman–Crippen MR) is 72.5 cm³/mol. The van der Waals surface area contributed by atoms with Gasteiger partial charge in [0.25, 0.3) is 0 Å².